The van der Waals surface area contributed by atoms with E-state index in [0.717, 1.165) is 22.3 Å². The summed E-state index contributed by atoms with van der Waals surface area (Å²) in [6, 6.07) is 5.49. The molecule has 5 heterocycles. The van der Waals surface area contributed by atoms with Crippen LogP contribution in [0.4, 0.5) is 19.0 Å². The third kappa shape index (κ3) is 4.19. The zero-order valence-electron chi connectivity index (χ0n) is 16.5. The Kier molecular flexibility index (Phi) is 5.34. The summed E-state index contributed by atoms with van der Waals surface area (Å²) < 4.78 is 39.1. The number of hydrogen-bond acceptors (Lipinski definition) is 7. The molecule has 12 heteroatoms. The van der Waals surface area contributed by atoms with Crippen LogP contribution >= 0.6 is 23.4 Å². The van der Waals surface area contributed by atoms with Crippen molar-refractivity contribution in [1.29, 1.82) is 0 Å². The molecule has 0 aliphatic carbocycles. The molecule has 0 unspecified atom stereocenters. The van der Waals surface area contributed by atoms with E-state index in [1.54, 1.807) is 18.5 Å². The number of aromatic nitrogens is 5. The summed E-state index contributed by atoms with van der Waals surface area (Å²) >= 11 is 7.62. The van der Waals surface area contributed by atoms with Crippen molar-refractivity contribution < 1.29 is 13.2 Å². The third-order valence-electron chi connectivity index (χ3n) is 5.16. The van der Waals surface area contributed by atoms with Crippen LogP contribution in [0, 0.1) is 0 Å². The molecule has 0 amide bonds. The first-order chi connectivity index (χ1) is 15.3. The fourth-order valence-electron chi connectivity index (χ4n) is 3.74. The van der Waals surface area contributed by atoms with Gasteiger partial charge in [-0.2, -0.15) is 13.2 Å². The third-order valence-corrected chi connectivity index (χ3v) is 6.40. The van der Waals surface area contributed by atoms with E-state index in [-0.39, 0.29) is 22.4 Å². The van der Waals surface area contributed by atoms with Crippen molar-refractivity contribution in [1.82, 2.24) is 24.9 Å². The maximum Gasteiger partial charge on any atom is 0.394 e. The van der Waals surface area contributed by atoms with Crippen molar-refractivity contribution in [3.63, 3.8) is 0 Å². The topological polar surface area (TPSA) is 96.6 Å². The Hall–Kier alpha value is -2.63. The van der Waals surface area contributed by atoms with E-state index in [1.165, 1.54) is 11.8 Å². The van der Waals surface area contributed by atoms with Crippen LogP contribution in [0.5, 0.6) is 0 Å². The van der Waals surface area contributed by atoms with Gasteiger partial charge in [0, 0.05) is 42.1 Å². The van der Waals surface area contributed by atoms with E-state index in [4.69, 9.17) is 17.3 Å². The number of aromatic amines is 1. The van der Waals surface area contributed by atoms with Crippen molar-refractivity contribution >= 4 is 51.2 Å². The molecule has 0 spiro atoms. The minimum absolute atomic E-state index is 0.0130. The number of fused-ring (bicyclic) bond motifs is 2. The van der Waals surface area contributed by atoms with Gasteiger partial charge in [0.25, 0.3) is 0 Å². The van der Waals surface area contributed by atoms with Gasteiger partial charge >= 0.3 is 6.18 Å². The molecule has 166 valence electrons. The second-order valence-electron chi connectivity index (χ2n) is 7.57. The summed E-state index contributed by atoms with van der Waals surface area (Å²) in [4.78, 5) is 23.2. The van der Waals surface area contributed by atoms with E-state index in [1.807, 2.05) is 17.0 Å². The van der Waals surface area contributed by atoms with Crippen molar-refractivity contribution in [2.45, 2.75) is 35.1 Å². The molecule has 1 saturated heterocycles. The SMILES string of the molecule is N[C@H]1CCN(c2nc(Sc3cnc4cccnc4c3)nc3[nH]c(CC(F)(F)F)c(Cl)c23)C1. The van der Waals surface area contributed by atoms with Gasteiger partial charge in [-0.15, -0.1) is 0 Å². The number of hydrogen-bond donors (Lipinski definition) is 2. The molecule has 5 rings (SSSR count). The molecule has 0 radical (unpaired) electrons. The Balaban J connectivity index is 1.59. The quantitative estimate of drug-likeness (QED) is 0.420. The zero-order chi connectivity index (χ0) is 22.5. The standard InChI is InChI=1S/C20H17ClF3N7S/c21-16-14(7-20(22,23)24)28-17-15(16)18(31-5-3-10(25)9-31)30-19(29-17)32-11-6-13-12(27-8-11)2-1-4-26-13/h1-2,4,6,8,10H,3,5,7,9,25H2,(H,28,29,30)/t10-/m0/s1. The zero-order valence-corrected chi connectivity index (χ0v) is 18.1. The Morgan fingerprint density at radius 3 is 2.84 bits per heavy atom. The molecule has 0 aromatic carbocycles. The van der Waals surface area contributed by atoms with Crippen molar-refractivity contribution in [2.24, 2.45) is 5.73 Å². The van der Waals surface area contributed by atoms with Gasteiger partial charge < -0.3 is 15.6 Å². The molecule has 0 bridgehead atoms. The Bertz CT molecular complexity index is 1310. The van der Waals surface area contributed by atoms with Gasteiger partial charge in [-0.3, -0.25) is 9.97 Å². The number of rotatable bonds is 4. The Morgan fingerprint density at radius 2 is 2.09 bits per heavy atom. The van der Waals surface area contributed by atoms with E-state index in [9.17, 15) is 13.2 Å². The summed E-state index contributed by atoms with van der Waals surface area (Å²) in [5.41, 5.74) is 7.66. The van der Waals surface area contributed by atoms with Crippen LogP contribution in [0.1, 0.15) is 12.1 Å². The lowest BCUT2D eigenvalue weighted by Crippen LogP contribution is -2.27. The highest BCUT2D eigenvalue weighted by Crippen LogP contribution is 2.39. The lowest BCUT2D eigenvalue weighted by Gasteiger charge is -2.18. The number of anilines is 1. The minimum atomic E-state index is -4.41. The number of halogens is 4. The number of nitrogens with zero attached hydrogens (tertiary/aromatic N) is 5. The second-order valence-corrected chi connectivity index (χ2v) is 8.99. The van der Waals surface area contributed by atoms with Crippen molar-refractivity contribution in [3.8, 4) is 0 Å². The normalized spacial score (nSPS) is 17.0. The van der Waals surface area contributed by atoms with Gasteiger partial charge in [0.05, 0.1) is 27.9 Å². The predicted octanol–water partition coefficient (Wildman–Crippen LogP) is 4.35. The summed E-state index contributed by atoms with van der Waals surface area (Å²) in [7, 11) is 0. The summed E-state index contributed by atoms with van der Waals surface area (Å²) in [5, 5.41) is 0.727. The van der Waals surface area contributed by atoms with E-state index < -0.39 is 12.6 Å². The van der Waals surface area contributed by atoms with Crippen LogP contribution in [0.3, 0.4) is 0 Å². The number of nitrogens with one attached hydrogen (secondary N) is 1. The fourth-order valence-corrected chi connectivity index (χ4v) is 4.79. The lowest BCUT2D eigenvalue weighted by atomic mass is 10.2. The molecule has 4 aromatic rings. The number of alkyl halides is 3. The van der Waals surface area contributed by atoms with Gasteiger partial charge in [0.1, 0.15) is 11.5 Å². The van der Waals surface area contributed by atoms with Gasteiger partial charge in [-0.25, -0.2) is 9.97 Å². The van der Waals surface area contributed by atoms with Gasteiger partial charge in [-0.1, -0.05) is 11.6 Å². The fraction of sp³-hybridized carbons (Fsp3) is 0.300. The molecule has 1 fully saturated rings. The average Bonchev–Trinajstić information content (AvgIpc) is 3.30. The molecule has 7 nitrogen and oxygen atoms in total. The minimum Gasteiger partial charge on any atom is -0.354 e. The summed E-state index contributed by atoms with van der Waals surface area (Å²) in [6.45, 7) is 1.17. The highest BCUT2D eigenvalue weighted by Gasteiger charge is 2.32. The van der Waals surface area contributed by atoms with Crippen molar-refractivity contribution in [2.75, 3.05) is 18.0 Å². The van der Waals surface area contributed by atoms with Crippen LogP contribution in [0.15, 0.2) is 40.6 Å². The van der Waals surface area contributed by atoms with E-state index >= 15 is 0 Å². The number of H-pyrrole nitrogens is 1. The lowest BCUT2D eigenvalue weighted by molar-refractivity contribution is -0.127. The Labute approximate surface area is 189 Å². The van der Waals surface area contributed by atoms with Crippen LogP contribution in [-0.2, 0) is 6.42 Å². The largest absolute Gasteiger partial charge is 0.394 e. The molecule has 3 N–H and O–H groups in total. The summed E-state index contributed by atoms with van der Waals surface area (Å²) in [6.07, 6.45) is -1.46. The first-order valence-electron chi connectivity index (χ1n) is 9.81. The van der Waals surface area contributed by atoms with Gasteiger partial charge in [0.2, 0.25) is 0 Å². The van der Waals surface area contributed by atoms with Crippen LogP contribution in [0.2, 0.25) is 5.02 Å². The molecule has 1 aliphatic rings. The van der Waals surface area contributed by atoms with Crippen LogP contribution in [0.25, 0.3) is 22.1 Å². The number of nitrogens with two attached hydrogens (primary N) is 1. The maximum atomic E-state index is 13.0. The highest BCUT2D eigenvalue weighted by atomic mass is 35.5. The van der Waals surface area contributed by atoms with Crippen LogP contribution < -0.4 is 10.6 Å². The molecule has 32 heavy (non-hydrogen) atoms. The maximum absolute atomic E-state index is 13.0. The molecule has 1 atom stereocenters. The molecule has 4 aromatic heterocycles. The smallest absolute Gasteiger partial charge is 0.354 e. The van der Waals surface area contributed by atoms with Crippen molar-refractivity contribution in [3.05, 3.63) is 41.3 Å². The first-order valence-corrected chi connectivity index (χ1v) is 11.0. The van der Waals surface area contributed by atoms with Gasteiger partial charge in [-0.05, 0) is 36.4 Å². The molecule has 1 aliphatic heterocycles. The predicted molar refractivity (Wildman–Crippen MR) is 117 cm³/mol. The first kappa shape index (κ1) is 21.2. The summed E-state index contributed by atoms with van der Waals surface area (Å²) in [5.74, 6) is 0.479. The van der Waals surface area contributed by atoms with Gasteiger partial charge in [0.15, 0.2) is 5.16 Å². The molecular weight excluding hydrogens is 463 g/mol. The van der Waals surface area contributed by atoms with Crippen LogP contribution in [-0.4, -0.2) is 50.2 Å². The Morgan fingerprint density at radius 1 is 1.25 bits per heavy atom. The number of pyridine rings is 2. The average molecular weight is 480 g/mol. The monoisotopic (exact) mass is 479 g/mol. The van der Waals surface area contributed by atoms with E-state index in [2.05, 4.69) is 24.9 Å². The molecular formula is C20H17ClF3N7S. The highest BCUT2D eigenvalue weighted by molar-refractivity contribution is 7.99. The van der Waals surface area contributed by atoms with E-state index in [0.29, 0.717) is 29.5 Å². The molecule has 0 saturated carbocycles. The second kappa shape index (κ2) is 8.05.